The summed E-state index contributed by atoms with van der Waals surface area (Å²) in [4.78, 5) is 9.40. The minimum Gasteiger partial charge on any atom is -0.397 e. The molecule has 1 heterocycles. The molecule has 2 rings (SSSR count). The molecule has 1 atom stereocenters. The van der Waals surface area contributed by atoms with E-state index in [2.05, 4.69) is 41.2 Å². The zero-order valence-electron chi connectivity index (χ0n) is 12.8. The van der Waals surface area contributed by atoms with Crippen LogP contribution in [0.5, 0.6) is 0 Å². The third kappa shape index (κ3) is 2.91. The standard InChI is InChI=1S/C16H22N4O/c1-5-8-11(2)20-14-10-7-6-9-13(14)18-16(20)12(3)15(17)19-21-4/h6-7,9-11H,3,5,8H2,1-2,4H3,(H2,17,19). The van der Waals surface area contributed by atoms with E-state index < -0.39 is 0 Å². The van der Waals surface area contributed by atoms with Gasteiger partial charge in [0.2, 0.25) is 0 Å². The fraction of sp³-hybridized carbons (Fsp3) is 0.375. The maximum atomic E-state index is 5.90. The second kappa shape index (κ2) is 6.43. The highest BCUT2D eigenvalue weighted by atomic mass is 16.6. The Morgan fingerprint density at radius 2 is 2.19 bits per heavy atom. The molecule has 2 N–H and O–H groups in total. The summed E-state index contributed by atoms with van der Waals surface area (Å²) < 4.78 is 2.18. The maximum Gasteiger partial charge on any atom is 0.173 e. The van der Waals surface area contributed by atoms with Crippen molar-refractivity contribution in [1.29, 1.82) is 0 Å². The van der Waals surface area contributed by atoms with Crippen LogP contribution < -0.4 is 5.73 Å². The number of hydrogen-bond acceptors (Lipinski definition) is 3. The van der Waals surface area contributed by atoms with Crippen LogP contribution in [-0.4, -0.2) is 22.5 Å². The van der Waals surface area contributed by atoms with Gasteiger partial charge < -0.3 is 15.1 Å². The van der Waals surface area contributed by atoms with E-state index in [1.807, 2.05) is 18.2 Å². The van der Waals surface area contributed by atoms with E-state index in [1.165, 1.54) is 7.11 Å². The fourth-order valence-corrected chi connectivity index (χ4v) is 2.52. The highest BCUT2D eigenvalue weighted by Crippen LogP contribution is 2.27. The van der Waals surface area contributed by atoms with Crippen molar-refractivity contribution in [2.24, 2.45) is 10.9 Å². The molecule has 1 aromatic heterocycles. The van der Waals surface area contributed by atoms with Gasteiger partial charge in [0.1, 0.15) is 12.9 Å². The first-order chi connectivity index (χ1) is 10.1. The van der Waals surface area contributed by atoms with Crippen LogP contribution >= 0.6 is 0 Å². The fourth-order valence-electron chi connectivity index (χ4n) is 2.52. The second-order valence-corrected chi connectivity index (χ2v) is 5.07. The van der Waals surface area contributed by atoms with Gasteiger partial charge in [-0.05, 0) is 25.5 Å². The molecule has 0 fully saturated rings. The zero-order valence-corrected chi connectivity index (χ0v) is 12.8. The third-order valence-electron chi connectivity index (χ3n) is 3.51. The first-order valence-corrected chi connectivity index (χ1v) is 7.13. The van der Waals surface area contributed by atoms with E-state index in [4.69, 9.17) is 10.6 Å². The lowest BCUT2D eigenvalue weighted by atomic mass is 10.1. The number of amidine groups is 1. The van der Waals surface area contributed by atoms with Crippen molar-refractivity contribution >= 4 is 22.4 Å². The Bertz CT molecular complexity index is 672. The molecule has 21 heavy (non-hydrogen) atoms. The summed E-state index contributed by atoms with van der Waals surface area (Å²) in [7, 11) is 1.46. The van der Waals surface area contributed by atoms with Crippen LogP contribution in [0.4, 0.5) is 0 Å². The normalized spacial score (nSPS) is 13.4. The largest absolute Gasteiger partial charge is 0.397 e. The van der Waals surface area contributed by atoms with Crippen molar-refractivity contribution in [1.82, 2.24) is 9.55 Å². The SMILES string of the molecule is C=C(/C(N)=N\OC)c1nc2ccccc2n1C(C)CCC. The van der Waals surface area contributed by atoms with Crippen LogP contribution in [0.15, 0.2) is 36.0 Å². The van der Waals surface area contributed by atoms with Gasteiger partial charge in [0.15, 0.2) is 5.84 Å². The quantitative estimate of drug-likeness (QED) is 0.503. The second-order valence-electron chi connectivity index (χ2n) is 5.07. The van der Waals surface area contributed by atoms with Gasteiger partial charge in [-0.3, -0.25) is 0 Å². The molecule has 0 radical (unpaired) electrons. The summed E-state index contributed by atoms with van der Waals surface area (Å²) in [5, 5.41) is 3.76. The number of benzene rings is 1. The smallest absolute Gasteiger partial charge is 0.173 e. The molecule has 0 spiro atoms. The number of fused-ring (bicyclic) bond motifs is 1. The van der Waals surface area contributed by atoms with Gasteiger partial charge in [0, 0.05) is 6.04 Å². The van der Waals surface area contributed by atoms with Crippen molar-refractivity contribution < 1.29 is 4.84 Å². The Morgan fingerprint density at radius 1 is 1.48 bits per heavy atom. The summed E-state index contributed by atoms with van der Waals surface area (Å²) >= 11 is 0. The topological polar surface area (TPSA) is 65.4 Å². The van der Waals surface area contributed by atoms with Crippen LogP contribution in [0.25, 0.3) is 16.6 Å². The molecule has 0 amide bonds. The summed E-state index contributed by atoms with van der Waals surface area (Å²) in [6.45, 7) is 8.37. The third-order valence-corrected chi connectivity index (χ3v) is 3.51. The van der Waals surface area contributed by atoms with Gasteiger partial charge in [-0.15, -0.1) is 0 Å². The number of nitrogens with two attached hydrogens (primary N) is 1. The van der Waals surface area contributed by atoms with Crippen molar-refractivity contribution in [2.75, 3.05) is 7.11 Å². The van der Waals surface area contributed by atoms with E-state index in [0.29, 0.717) is 11.6 Å². The Hall–Kier alpha value is -2.30. The zero-order chi connectivity index (χ0) is 15.4. The first kappa shape index (κ1) is 15.1. The minimum atomic E-state index is 0.248. The molecule has 0 bridgehead atoms. The van der Waals surface area contributed by atoms with Crippen LogP contribution in [0.3, 0.4) is 0 Å². The average Bonchev–Trinajstić information content (AvgIpc) is 2.86. The van der Waals surface area contributed by atoms with Crippen LogP contribution in [-0.2, 0) is 4.84 Å². The highest BCUT2D eigenvalue weighted by Gasteiger charge is 2.19. The minimum absolute atomic E-state index is 0.248. The molecule has 1 unspecified atom stereocenters. The van der Waals surface area contributed by atoms with Gasteiger partial charge in [0.25, 0.3) is 0 Å². The Labute approximate surface area is 125 Å². The molecule has 0 saturated heterocycles. The predicted octanol–water partition coefficient (Wildman–Crippen LogP) is 3.33. The van der Waals surface area contributed by atoms with Crippen molar-refractivity contribution in [2.45, 2.75) is 32.7 Å². The van der Waals surface area contributed by atoms with Crippen molar-refractivity contribution in [3.05, 3.63) is 36.7 Å². The Morgan fingerprint density at radius 3 is 2.86 bits per heavy atom. The maximum absolute atomic E-state index is 5.90. The molecular formula is C16H22N4O. The lowest BCUT2D eigenvalue weighted by Gasteiger charge is -2.17. The average molecular weight is 286 g/mol. The number of oxime groups is 1. The molecule has 0 saturated carbocycles. The number of hydrogen-bond donors (Lipinski definition) is 1. The number of rotatable bonds is 6. The Kier molecular flexibility index (Phi) is 4.62. The van der Waals surface area contributed by atoms with Crippen LogP contribution in [0, 0.1) is 0 Å². The van der Waals surface area contributed by atoms with E-state index in [9.17, 15) is 0 Å². The van der Waals surface area contributed by atoms with Gasteiger partial charge >= 0.3 is 0 Å². The molecule has 5 heteroatoms. The molecule has 5 nitrogen and oxygen atoms in total. The lowest BCUT2D eigenvalue weighted by Crippen LogP contribution is -2.18. The van der Waals surface area contributed by atoms with Crippen molar-refractivity contribution in [3.8, 4) is 0 Å². The van der Waals surface area contributed by atoms with Crippen LogP contribution in [0.1, 0.15) is 38.6 Å². The van der Waals surface area contributed by atoms with E-state index in [0.717, 1.165) is 29.7 Å². The lowest BCUT2D eigenvalue weighted by molar-refractivity contribution is 0.213. The van der Waals surface area contributed by atoms with E-state index in [-0.39, 0.29) is 5.84 Å². The van der Waals surface area contributed by atoms with Crippen molar-refractivity contribution in [3.63, 3.8) is 0 Å². The highest BCUT2D eigenvalue weighted by molar-refractivity contribution is 6.20. The monoisotopic (exact) mass is 286 g/mol. The predicted molar refractivity (Wildman–Crippen MR) is 87.0 cm³/mol. The summed E-state index contributed by atoms with van der Waals surface area (Å²) in [5.41, 5.74) is 8.49. The molecular weight excluding hydrogens is 264 g/mol. The molecule has 112 valence electrons. The molecule has 0 aliphatic heterocycles. The summed E-state index contributed by atoms with van der Waals surface area (Å²) in [6, 6.07) is 8.35. The van der Waals surface area contributed by atoms with Gasteiger partial charge in [-0.2, -0.15) is 0 Å². The summed E-state index contributed by atoms with van der Waals surface area (Å²) in [6.07, 6.45) is 2.16. The van der Waals surface area contributed by atoms with E-state index in [1.54, 1.807) is 0 Å². The van der Waals surface area contributed by atoms with Gasteiger partial charge in [-0.25, -0.2) is 4.98 Å². The Balaban J connectivity index is 2.59. The first-order valence-electron chi connectivity index (χ1n) is 7.13. The number of aromatic nitrogens is 2. The van der Waals surface area contributed by atoms with Gasteiger partial charge in [-0.1, -0.05) is 37.2 Å². The summed E-state index contributed by atoms with van der Waals surface area (Å²) in [5.74, 6) is 0.994. The van der Waals surface area contributed by atoms with Gasteiger partial charge in [0.05, 0.1) is 16.6 Å². The molecule has 0 aliphatic rings. The van der Waals surface area contributed by atoms with E-state index >= 15 is 0 Å². The van der Waals surface area contributed by atoms with Crippen LogP contribution in [0.2, 0.25) is 0 Å². The number of para-hydroxylation sites is 2. The molecule has 0 aliphatic carbocycles. The molecule has 1 aromatic carbocycles. The molecule has 2 aromatic rings. The number of imidazole rings is 1. The number of nitrogens with zero attached hydrogens (tertiary/aromatic N) is 3.